The highest BCUT2D eigenvalue weighted by molar-refractivity contribution is 7.99. The first kappa shape index (κ1) is 21.1. The topological polar surface area (TPSA) is 64.0 Å². The Morgan fingerprint density at radius 1 is 1.20 bits per heavy atom. The van der Waals surface area contributed by atoms with Crippen LogP contribution in [0.1, 0.15) is 53.3 Å². The zero-order valence-electron chi connectivity index (χ0n) is 17.9. The fourth-order valence-electron chi connectivity index (χ4n) is 4.08. The first-order chi connectivity index (χ1) is 14.4. The second kappa shape index (κ2) is 8.55. The average molecular weight is 442 g/mol. The lowest BCUT2D eigenvalue weighted by Gasteiger charge is -2.18. The van der Waals surface area contributed by atoms with Crippen molar-refractivity contribution in [3.8, 4) is 0 Å². The molecule has 1 fully saturated rings. The number of carbonyl (C=O) groups is 1. The standard InChI is InChI=1S/C23H27N3O2S2/c1-13-8-7-11-18(14(13)2)24-19(27)12-29-23-25-21-20(15(3)16(4)30-21)22(28)26(23)17-9-5-6-10-17/h7-8,11,17H,5-6,9-10,12H2,1-4H3,(H,24,27). The van der Waals surface area contributed by atoms with Crippen LogP contribution in [0.3, 0.4) is 0 Å². The van der Waals surface area contributed by atoms with Gasteiger partial charge in [0.15, 0.2) is 5.16 Å². The molecule has 30 heavy (non-hydrogen) atoms. The van der Waals surface area contributed by atoms with Crippen molar-refractivity contribution in [2.75, 3.05) is 11.1 Å². The Morgan fingerprint density at radius 3 is 2.67 bits per heavy atom. The third-order valence-electron chi connectivity index (χ3n) is 6.10. The first-order valence-corrected chi connectivity index (χ1v) is 12.2. The fourth-order valence-corrected chi connectivity index (χ4v) is 6.01. The molecule has 1 amide bonds. The third kappa shape index (κ3) is 3.93. The predicted octanol–water partition coefficient (Wildman–Crippen LogP) is 5.54. The number of fused-ring (bicyclic) bond motifs is 1. The first-order valence-electron chi connectivity index (χ1n) is 10.4. The van der Waals surface area contributed by atoms with Crippen molar-refractivity contribution in [3.05, 3.63) is 50.1 Å². The molecule has 0 saturated heterocycles. The van der Waals surface area contributed by atoms with Crippen molar-refractivity contribution in [1.29, 1.82) is 0 Å². The van der Waals surface area contributed by atoms with Gasteiger partial charge in [-0.25, -0.2) is 4.98 Å². The summed E-state index contributed by atoms with van der Waals surface area (Å²) in [5, 5.41) is 4.41. The van der Waals surface area contributed by atoms with E-state index in [1.165, 1.54) is 11.8 Å². The highest BCUT2D eigenvalue weighted by Gasteiger charge is 2.25. The summed E-state index contributed by atoms with van der Waals surface area (Å²) < 4.78 is 1.87. The Morgan fingerprint density at radius 2 is 1.93 bits per heavy atom. The van der Waals surface area contributed by atoms with Crippen molar-refractivity contribution < 1.29 is 4.79 Å². The smallest absolute Gasteiger partial charge is 0.263 e. The van der Waals surface area contributed by atoms with Crippen LogP contribution in [0.15, 0.2) is 28.2 Å². The molecule has 158 valence electrons. The van der Waals surface area contributed by atoms with E-state index in [1.807, 2.05) is 50.5 Å². The van der Waals surface area contributed by atoms with Gasteiger partial charge >= 0.3 is 0 Å². The van der Waals surface area contributed by atoms with Crippen LogP contribution in [0.2, 0.25) is 0 Å². The van der Waals surface area contributed by atoms with Crippen LogP contribution in [0.5, 0.6) is 0 Å². The molecular weight excluding hydrogens is 414 g/mol. The molecule has 2 aromatic heterocycles. The van der Waals surface area contributed by atoms with Crippen LogP contribution in [0.25, 0.3) is 10.2 Å². The summed E-state index contributed by atoms with van der Waals surface area (Å²) >= 11 is 2.92. The third-order valence-corrected chi connectivity index (χ3v) is 8.16. The Balaban J connectivity index is 1.63. The van der Waals surface area contributed by atoms with Gasteiger partial charge in [0.05, 0.1) is 11.1 Å². The summed E-state index contributed by atoms with van der Waals surface area (Å²) in [4.78, 5) is 32.8. The van der Waals surface area contributed by atoms with E-state index in [1.54, 1.807) is 11.3 Å². The second-order valence-corrected chi connectivity index (χ2v) is 10.2. The number of benzene rings is 1. The summed E-state index contributed by atoms with van der Waals surface area (Å²) in [5.41, 5.74) is 4.13. The molecule has 5 nitrogen and oxygen atoms in total. The van der Waals surface area contributed by atoms with E-state index >= 15 is 0 Å². The summed E-state index contributed by atoms with van der Waals surface area (Å²) in [6.45, 7) is 8.07. The molecular formula is C23H27N3O2S2. The van der Waals surface area contributed by atoms with E-state index in [2.05, 4.69) is 5.32 Å². The largest absolute Gasteiger partial charge is 0.325 e. The summed E-state index contributed by atoms with van der Waals surface area (Å²) in [5.74, 6) is 0.140. The van der Waals surface area contributed by atoms with Gasteiger partial charge in [0.1, 0.15) is 4.83 Å². The van der Waals surface area contributed by atoms with Crippen LogP contribution in [-0.4, -0.2) is 21.2 Å². The Bertz CT molecular complexity index is 1170. The quantitative estimate of drug-likeness (QED) is 0.417. The predicted molar refractivity (Wildman–Crippen MR) is 126 cm³/mol. The highest BCUT2D eigenvalue weighted by atomic mass is 32.2. The number of carbonyl (C=O) groups excluding carboxylic acids is 1. The molecule has 0 unspecified atom stereocenters. The Labute approximate surface area is 184 Å². The molecule has 4 rings (SSSR count). The summed E-state index contributed by atoms with van der Waals surface area (Å²) in [7, 11) is 0. The minimum atomic E-state index is -0.0837. The van der Waals surface area contributed by atoms with Gasteiger partial charge in [0, 0.05) is 16.6 Å². The van der Waals surface area contributed by atoms with Gasteiger partial charge in [0.2, 0.25) is 5.91 Å². The van der Waals surface area contributed by atoms with Gasteiger partial charge < -0.3 is 5.32 Å². The fraction of sp³-hybridized carbons (Fsp3) is 0.435. The van der Waals surface area contributed by atoms with Gasteiger partial charge in [0.25, 0.3) is 5.56 Å². The summed E-state index contributed by atoms with van der Waals surface area (Å²) in [6.07, 6.45) is 4.26. The van der Waals surface area contributed by atoms with Gasteiger partial charge in [-0.15, -0.1) is 11.3 Å². The molecule has 0 bridgehead atoms. The SMILES string of the molecule is Cc1cccc(NC(=O)CSc2nc3sc(C)c(C)c3c(=O)n2C2CCCC2)c1C. The number of amides is 1. The van der Waals surface area contributed by atoms with E-state index in [0.29, 0.717) is 5.16 Å². The number of hydrogen-bond donors (Lipinski definition) is 1. The second-order valence-electron chi connectivity index (χ2n) is 8.06. The van der Waals surface area contributed by atoms with E-state index in [-0.39, 0.29) is 23.3 Å². The number of rotatable bonds is 5. The zero-order valence-corrected chi connectivity index (χ0v) is 19.5. The molecule has 2 heterocycles. The van der Waals surface area contributed by atoms with Crippen molar-refractivity contribution in [2.45, 2.75) is 64.6 Å². The summed E-state index contributed by atoms with van der Waals surface area (Å²) in [6, 6.07) is 6.07. The lowest BCUT2D eigenvalue weighted by Crippen LogP contribution is -2.27. The van der Waals surface area contributed by atoms with Crippen LogP contribution in [-0.2, 0) is 4.79 Å². The number of thiophene rings is 1. The molecule has 0 atom stereocenters. The number of nitrogens with zero attached hydrogens (tertiary/aromatic N) is 2. The van der Waals surface area contributed by atoms with Gasteiger partial charge in [-0.2, -0.15) is 0 Å². The van der Waals surface area contributed by atoms with E-state index < -0.39 is 0 Å². The zero-order chi connectivity index (χ0) is 21.4. The molecule has 3 aromatic rings. The number of aromatic nitrogens is 2. The van der Waals surface area contributed by atoms with E-state index in [0.717, 1.165) is 63.2 Å². The minimum Gasteiger partial charge on any atom is -0.325 e. The molecule has 1 aromatic carbocycles. The number of thioether (sulfide) groups is 1. The number of aryl methyl sites for hydroxylation is 3. The van der Waals surface area contributed by atoms with Crippen LogP contribution in [0.4, 0.5) is 5.69 Å². The average Bonchev–Trinajstić information content (AvgIpc) is 3.32. The molecule has 1 aliphatic carbocycles. The Kier molecular flexibility index (Phi) is 6.02. The van der Waals surface area contributed by atoms with Gasteiger partial charge in [-0.3, -0.25) is 14.2 Å². The molecule has 0 spiro atoms. The number of anilines is 1. The van der Waals surface area contributed by atoms with Crippen LogP contribution < -0.4 is 10.9 Å². The molecule has 1 saturated carbocycles. The van der Waals surface area contributed by atoms with Crippen molar-refractivity contribution in [2.24, 2.45) is 0 Å². The molecule has 0 radical (unpaired) electrons. The number of nitrogens with one attached hydrogen (secondary N) is 1. The van der Waals surface area contributed by atoms with Crippen LogP contribution in [0, 0.1) is 27.7 Å². The lowest BCUT2D eigenvalue weighted by atomic mass is 10.1. The maximum Gasteiger partial charge on any atom is 0.263 e. The van der Waals surface area contributed by atoms with Crippen LogP contribution >= 0.6 is 23.1 Å². The molecule has 1 N–H and O–H groups in total. The Hall–Kier alpha value is -2.12. The normalized spacial score (nSPS) is 14.5. The van der Waals surface area contributed by atoms with Gasteiger partial charge in [-0.05, 0) is 63.3 Å². The highest BCUT2D eigenvalue weighted by Crippen LogP contribution is 2.34. The lowest BCUT2D eigenvalue weighted by molar-refractivity contribution is -0.113. The van der Waals surface area contributed by atoms with Crippen molar-refractivity contribution in [3.63, 3.8) is 0 Å². The number of hydrogen-bond acceptors (Lipinski definition) is 5. The monoisotopic (exact) mass is 441 g/mol. The van der Waals surface area contributed by atoms with Crippen molar-refractivity contribution in [1.82, 2.24) is 9.55 Å². The molecule has 7 heteroatoms. The van der Waals surface area contributed by atoms with E-state index in [4.69, 9.17) is 4.98 Å². The maximum atomic E-state index is 13.4. The maximum absolute atomic E-state index is 13.4. The van der Waals surface area contributed by atoms with Crippen molar-refractivity contribution >= 4 is 44.9 Å². The van der Waals surface area contributed by atoms with E-state index in [9.17, 15) is 9.59 Å². The van der Waals surface area contributed by atoms with Gasteiger partial charge in [-0.1, -0.05) is 36.7 Å². The molecule has 0 aliphatic heterocycles. The minimum absolute atomic E-state index is 0.0474. The molecule has 1 aliphatic rings.